The maximum Gasteiger partial charge on any atom is 0.269 e. The molecular weight excluding hydrogens is 463 g/mol. The van der Waals surface area contributed by atoms with Crippen LogP contribution in [0.4, 0.5) is 10.1 Å². The number of halogens is 1. The number of benzene rings is 1. The second-order valence-electron chi connectivity index (χ2n) is 9.05. The standard InChI is InChI=1S/C26H27FN6O3/c27-21-5-4-17(16-22-23-19(3-1-8-29-23)24(34)31-30-22)15-20(21)26(36)33-12-2-11-32(13-14-33)25(35)18-6-9-28-10-7-18/h4-7,9-10,15,29H,1-3,8,11-14,16H2,(H,31,34). The molecule has 2 aliphatic heterocycles. The predicted octanol–water partition coefficient (Wildman–Crippen LogP) is 2.24. The van der Waals surface area contributed by atoms with Crippen molar-refractivity contribution in [2.24, 2.45) is 0 Å². The highest BCUT2D eigenvalue weighted by atomic mass is 19.1. The summed E-state index contributed by atoms with van der Waals surface area (Å²) < 4.78 is 14.8. The quantitative estimate of drug-likeness (QED) is 0.580. The van der Waals surface area contributed by atoms with Crippen LogP contribution in [0.15, 0.2) is 47.5 Å². The third kappa shape index (κ3) is 4.84. The summed E-state index contributed by atoms with van der Waals surface area (Å²) in [6.07, 6.45) is 5.65. The highest BCUT2D eigenvalue weighted by Crippen LogP contribution is 2.24. The zero-order valence-electron chi connectivity index (χ0n) is 19.8. The Labute approximate surface area is 207 Å². The molecule has 0 bridgehead atoms. The average Bonchev–Trinajstić information content (AvgIpc) is 3.18. The number of nitrogens with one attached hydrogen (secondary N) is 2. The molecule has 2 aromatic heterocycles. The van der Waals surface area contributed by atoms with E-state index in [0.29, 0.717) is 62.3 Å². The number of hydrogen-bond acceptors (Lipinski definition) is 6. The molecule has 10 heteroatoms. The third-order valence-electron chi connectivity index (χ3n) is 6.69. The molecule has 186 valence electrons. The lowest BCUT2D eigenvalue weighted by atomic mass is 9.99. The van der Waals surface area contributed by atoms with Gasteiger partial charge in [0.15, 0.2) is 0 Å². The predicted molar refractivity (Wildman–Crippen MR) is 132 cm³/mol. The second kappa shape index (κ2) is 10.3. The number of hydrogen-bond donors (Lipinski definition) is 2. The molecule has 2 amide bonds. The van der Waals surface area contributed by atoms with Gasteiger partial charge in [0.25, 0.3) is 17.4 Å². The van der Waals surface area contributed by atoms with Gasteiger partial charge in [-0.25, -0.2) is 9.49 Å². The van der Waals surface area contributed by atoms with Crippen LogP contribution in [0.3, 0.4) is 0 Å². The summed E-state index contributed by atoms with van der Waals surface area (Å²) >= 11 is 0. The molecule has 5 rings (SSSR count). The zero-order valence-corrected chi connectivity index (χ0v) is 19.8. The fourth-order valence-electron chi connectivity index (χ4n) is 4.79. The Balaban J connectivity index is 1.32. The second-order valence-corrected chi connectivity index (χ2v) is 9.05. The van der Waals surface area contributed by atoms with Crippen molar-refractivity contribution in [1.82, 2.24) is 25.0 Å². The van der Waals surface area contributed by atoms with Crippen LogP contribution in [-0.4, -0.2) is 69.5 Å². The van der Waals surface area contributed by atoms with Crippen molar-refractivity contribution in [3.63, 3.8) is 0 Å². The number of H-pyrrole nitrogens is 1. The number of rotatable bonds is 4. The molecule has 0 saturated carbocycles. The Bertz CT molecular complexity index is 1340. The summed E-state index contributed by atoms with van der Waals surface area (Å²) in [6.45, 7) is 2.39. The van der Waals surface area contributed by atoms with Crippen LogP contribution in [0.25, 0.3) is 0 Å². The van der Waals surface area contributed by atoms with Gasteiger partial charge < -0.3 is 15.1 Å². The van der Waals surface area contributed by atoms with Gasteiger partial charge in [0.2, 0.25) is 0 Å². The molecule has 4 heterocycles. The molecule has 0 aliphatic carbocycles. The topological polar surface area (TPSA) is 111 Å². The first kappa shape index (κ1) is 23.7. The van der Waals surface area contributed by atoms with Crippen molar-refractivity contribution >= 4 is 17.5 Å². The van der Waals surface area contributed by atoms with E-state index in [0.717, 1.165) is 24.2 Å². The number of anilines is 1. The lowest BCUT2D eigenvalue weighted by Gasteiger charge is -2.23. The molecule has 1 fully saturated rings. The molecule has 0 atom stereocenters. The molecule has 3 aromatic rings. The summed E-state index contributed by atoms with van der Waals surface area (Å²) in [5, 5.41) is 10.0. The highest BCUT2D eigenvalue weighted by molar-refractivity contribution is 5.95. The van der Waals surface area contributed by atoms with E-state index in [1.807, 2.05) is 0 Å². The van der Waals surface area contributed by atoms with Crippen LogP contribution < -0.4 is 10.9 Å². The molecule has 0 radical (unpaired) electrons. The van der Waals surface area contributed by atoms with Crippen LogP contribution in [0.1, 0.15) is 50.4 Å². The molecular formula is C26H27FN6O3. The van der Waals surface area contributed by atoms with Gasteiger partial charge in [-0.3, -0.25) is 19.4 Å². The molecule has 1 aromatic carbocycles. The summed E-state index contributed by atoms with van der Waals surface area (Å²) in [5.41, 5.74) is 3.14. The number of carbonyl (C=O) groups is 2. The van der Waals surface area contributed by atoms with Gasteiger partial charge in [-0.05, 0) is 49.1 Å². The van der Waals surface area contributed by atoms with E-state index in [-0.39, 0.29) is 17.0 Å². The Morgan fingerprint density at radius 3 is 2.50 bits per heavy atom. The minimum Gasteiger partial charge on any atom is -0.383 e. The molecule has 2 N–H and O–H groups in total. The minimum atomic E-state index is -0.590. The number of amides is 2. The van der Waals surface area contributed by atoms with E-state index in [4.69, 9.17) is 0 Å². The van der Waals surface area contributed by atoms with Gasteiger partial charge in [0.1, 0.15) is 5.82 Å². The van der Waals surface area contributed by atoms with Gasteiger partial charge in [0, 0.05) is 62.7 Å². The van der Waals surface area contributed by atoms with E-state index >= 15 is 0 Å². The summed E-state index contributed by atoms with van der Waals surface area (Å²) in [4.78, 5) is 45.5. The summed E-state index contributed by atoms with van der Waals surface area (Å²) in [7, 11) is 0. The van der Waals surface area contributed by atoms with E-state index in [9.17, 15) is 18.8 Å². The fraction of sp³-hybridized carbons (Fsp3) is 0.346. The highest BCUT2D eigenvalue weighted by Gasteiger charge is 2.26. The maximum absolute atomic E-state index is 14.8. The van der Waals surface area contributed by atoms with Crippen molar-refractivity contribution in [2.75, 3.05) is 38.0 Å². The van der Waals surface area contributed by atoms with E-state index in [1.54, 1.807) is 46.5 Å². The van der Waals surface area contributed by atoms with Crippen molar-refractivity contribution < 1.29 is 14.0 Å². The van der Waals surface area contributed by atoms with E-state index in [1.165, 1.54) is 6.07 Å². The van der Waals surface area contributed by atoms with Crippen molar-refractivity contribution in [3.8, 4) is 0 Å². The molecule has 1 saturated heterocycles. The lowest BCUT2D eigenvalue weighted by Crippen LogP contribution is -2.37. The van der Waals surface area contributed by atoms with Crippen LogP contribution in [0, 0.1) is 5.82 Å². The smallest absolute Gasteiger partial charge is 0.269 e. The van der Waals surface area contributed by atoms with Crippen LogP contribution in [0.5, 0.6) is 0 Å². The largest absolute Gasteiger partial charge is 0.383 e. The first-order valence-electron chi connectivity index (χ1n) is 12.1. The molecule has 36 heavy (non-hydrogen) atoms. The van der Waals surface area contributed by atoms with Gasteiger partial charge in [0.05, 0.1) is 16.9 Å². The normalized spacial score (nSPS) is 15.6. The van der Waals surface area contributed by atoms with Gasteiger partial charge in [-0.1, -0.05) is 6.07 Å². The zero-order chi connectivity index (χ0) is 25.1. The van der Waals surface area contributed by atoms with Crippen LogP contribution in [-0.2, 0) is 12.8 Å². The van der Waals surface area contributed by atoms with Crippen LogP contribution >= 0.6 is 0 Å². The van der Waals surface area contributed by atoms with E-state index in [2.05, 4.69) is 20.5 Å². The SMILES string of the molecule is O=C(c1ccncc1)N1CCCN(C(=O)c2cc(Cc3n[nH]c(=O)c4c3NCCC4)ccc2F)CC1. The van der Waals surface area contributed by atoms with Gasteiger partial charge in [-0.2, -0.15) is 5.10 Å². The van der Waals surface area contributed by atoms with Gasteiger partial charge >= 0.3 is 0 Å². The number of nitrogens with zero attached hydrogens (tertiary/aromatic N) is 4. The maximum atomic E-state index is 14.8. The third-order valence-corrected chi connectivity index (χ3v) is 6.69. The number of carbonyl (C=O) groups excluding carboxylic acids is 2. The average molecular weight is 491 g/mol. The monoisotopic (exact) mass is 490 g/mol. The number of fused-ring (bicyclic) bond motifs is 1. The lowest BCUT2D eigenvalue weighted by molar-refractivity contribution is 0.0716. The van der Waals surface area contributed by atoms with Crippen molar-refractivity contribution in [1.29, 1.82) is 0 Å². The number of aromatic nitrogens is 3. The van der Waals surface area contributed by atoms with E-state index < -0.39 is 11.7 Å². The number of pyridine rings is 1. The van der Waals surface area contributed by atoms with Crippen LogP contribution in [0.2, 0.25) is 0 Å². The Morgan fingerprint density at radius 1 is 0.972 bits per heavy atom. The van der Waals surface area contributed by atoms with Crippen molar-refractivity contribution in [3.05, 3.63) is 86.8 Å². The Hall–Kier alpha value is -4.08. The molecule has 9 nitrogen and oxygen atoms in total. The summed E-state index contributed by atoms with van der Waals surface area (Å²) in [6, 6.07) is 7.82. The Morgan fingerprint density at radius 2 is 1.72 bits per heavy atom. The van der Waals surface area contributed by atoms with Crippen molar-refractivity contribution in [2.45, 2.75) is 25.7 Å². The molecule has 0 spiro atoms. The molecule has 0 unspecified atom stereocenters. The first-order chi connectivity index (χ1) is 17.5. The summed E-state index contributed by atoms with van der Waals surface area (Å²) in [5.74, 6) is -1.10. The van der Waals surface area contributed by atoms with Gasteiger partial charge in [-0.15, -0.1) is 0 Å². The Kier molecular flexibility index (Phi) is 6.75. The first-order valence-corrected chi connectivity index (χ1v) is 12.1. The molecule has 2 aliphatic rings. The fourth-order valence-corrected chi connectivity index (χ4v) is 4.79. The number of aromatic amines is 1. The minimum absolute atomic E-state index is 0.00679.